The van der Waals surface area contributed by atoms with E-state index >= 15 is 0 Å². The Morgan fingerprint density at radius 2 is 1.70 bits per heavy atom. The third-order valence-corrected chi connectivity index (χ3v) is 6.57. The van der Waals surface area contributed by atoms with E-state index in [1.54, 1.807) is 48.5 Å². The molecule has 0 aliphatic rings. The smallest absolute Gasteiger partial charge is 0.264 e. The van der Waals surface area contributed by atoms with E-state index in [0.29, 0.717) is 17.4 Å². The van der Waals surface area contributed by atoms with Gasteiger partial charge in [0.1, 0.15) is 12.3 Å². The molecule has 7 heteroatoms. The third-order valence-electron chi connectivity index (χ3n) is 4.78. The lowest BCUT2D eigenvalue weighted by molar-refractivity contribution is -0.119. The largest absolute Gasteiger partial charge is 0.467 e. The quantitative estimate of drug-likeness (QED) is 0.585. The Kier molecular flexibility index (Phi) is 6.62. The van der Waals surface area contributed by atoms with E-state index < -0.39 is 15.9 Å². The first-order chi connectivity index (χ1) is 14.3. The number of carbonyl (C=O) groups excluding carboxylic acids is 1. The number of nitrogens with zero attached hydrogens (tertiary/aromatic N) is 1. The van der Waals surface area contributed by atoms with E-state index in [1.165, 1.54) is 6.26 Å². The highest BCUT2D eigenvalue weighted by atomic mass is 32.2. The summed E-state index contributed by atoms with van der Waals surface area (Å²) in [6, 6.07) is 17.3. The van der Waals surface area contributed by atoms with Gasteiger partial charge in [0.15, 0.2) is 0 Å². The summed E-state index contributed by atoms with van der Waals surface area (Å²) in [7, 11) is -3.92. The maximum atomic E-state index is 13.4. The van der Waals surface area contributed by atoms with Gasteiger partial charge in [0.05, 0.1) is 23.4 Å². The molecule has 6 nitrogen and oxygen atoms in total. The van der Waals surface area contributed by atoms with E-state index in [9.17, 15) is 13.2 Å². The summed E-state index contributed by atoms with van der Waals surface area (Å²) in [5, 5.41) is 2.71. The molecule has 2 aromatic carbocycles. The Bertz CT molecular complexity index is 1070. The molecule has 0 aliphatic heterocycles. The number of rotatable bonds is 8. The van der Waals surface area contributed by atoms with Crippen LogP contribution in [0.4, 0.5) is 5.69 Å². The van der Waals surface area contributed by atoms with Crippen LogP contribution in [0.15, 0.2) is 76.2 Å². The molecule has 30 heavy (non-hydrogen) atoms. The lowest BCUT2D eigenvalue weighted by Gasteiger charge is -2.24. The Morgan fingerprint density at radius 1 is 1.03 bits per heavy atom. The summed E-state index contributed by atoms with van der Waals surface area (Å²) < 4.78 is 33.1. The van der Waals surface area contributed by atoms with Gasteiger partial charge in [-0.25, -0.2) is 8.42 Å². The van der Waals surface area contributed by atoms with E-state index in [-0.39, 0.29) is 18.0 Å². The first-order valence-corrected chi connectivity index (χ1v) is 11.2. The predicted molar refractivity (Wildman–Crippen MR) is 117 cm³/mol. The van der Waals surface area contributed by atoms with E-state index in [4.69, 9.17) is 4.42 Å². The van der Waals surface area contributed by atoms with Gasteiger partial charge in [-0.3, -0.25) is 9.10 Å². The van der Waals surface area contributed by atoms with Gasteiger partial charge < -0.3 is 9.73 Å². The lowest BCUT2D eigenvalue weighted by Crippen LogP contribution is -2.40. The molecule has 158 valence electrons. The van der Waals surface area contributed by atoms with Crippen molar-refractivity contribution < 1.29 is 17.6 Å². The highest BCUT2D eigenvalue weighted by Gasteiger charge is 2.27. The zero-order valence-corrected chi connectivity index (χ0v) is 18.1. The van der Waals surface area contributed by atoms with Gasteiger partial charge in [0, 0.05) is 0 Å². The van der Waals surface area contributed by atoms with Gasteiger partial charge in [0.25, 0.3) is 10.0 Å². The summed E-state index contributed by atoms with van der Waals surface area (Å²) in [6.07, 6.45) is 1.52. The number of amides is 1. The number of hydrogen-bond donors (Lipinski definition) is 1. The Labute approximate surface area is 177 Å². The van der Waals surface area contributed by atoms with Crippen molar-refractivity contribution in [3.05, 3.63) is 83.8 Å². The monoisotopic (exact) mass is 426 g/mol. The van der Waals surface area contributed by atoms with Crippen LogP contribution in [0.2, 0.25) is 0 Å². The molecule has 1 N–H and O–H groups in total. The standard InChI is InChI=1S/C23H26N2O4S/c1-17(2)19-8-10-20(11-9-19)25(16-23(26)24-15-21-5-4-14-29-21)30(27,28)22-12-6-18(3)7-13-22/h4-14,17H,15-16H2,1-3H3,(H,24,26). The summed E-state index contributed by atoms with van der Waals surface area (Å²) in [5.41, 5.74) is 2.49. The normalized spacial score (nSPS) is 11.5. The van der Waals surface area contributed by atoms with Crippen molar-refractivity contribution in [2.45, 2.75) is 38.1 Å². The average Bonchev–Trinajstić information content (AvgIpc) is 3.24. The number of furan rings is 1. The Morgan fingerprint density at radius 3 is 2.27 bits per heavy atom. The molecule has 0 unspecified atom stereocenters. The average molecular weight is 427 g/mol. The molecule has 3 rings (SSSR count). The first kappa shape index (κ1) is 21.6. The Hall–Kier alpha value is -3.06. The highest BCUT2D eigenvalue weighted by molar-refractivity contribution is 7.92. The van der Waals surface area contributed by atoms with Crippen LogP contribution in [0, 0.1) is 6.92 Å². The van der Waals surface area contributed by atoms with E-state index in [1.807, 2.05) is 19.1 Å². The van der Waals surface area contributed by atoms with Crippen molar-refractivity contribution in [1.29, 1.82) is 0 Å². The van der Waals surface area contributed by atoms with Gasteiger partial charge >= 0.3 is 0 Å². The van der Waals surface area contributed by atoms with Crippen molar-refractivity contribution in [3.63, 3.8) is 0 Å². The molecule has 0 fully saturated rings. The van der Waals surface area contributed by atoms with Crippen LogP contribution in [0.3, 0.4) is 0 Å². The number of sulfonamides is 1. The van der Waals surface area contributed by atoms with Gasteiger partial charge in [0.2, 0.25) is 5.91 Å². The number of aryl methyl sites for hydroxylation is 1. The minimum Gasteiger partial charge on any atom is -0.467 e. The number of benzene rings is 2. The van der Waals surface area contributed by atoms with Gasteiger partial charge in [-0.05, 0) is 54.8 Å². The predicted octanol–water partition coefficient (Wildman–Crippen LogP) is 4.22. The van der Waals surface area contributed by atoms with Crippen molar-refractivity contribution in [1.82, 2.24) is 5.32 Å². The number of anilines is 1. The molecule has 0 aliphatic carbocycles. The molecular weight excluding hydrogens is 400 g/mol. The molecule has 1 amide bonds. The van der Waals surface area contributed by atoms with Crippen molar-refractivity contribution in [2.75, 3.05) is 10.8 Å². The SMILES string of the molecule is Cc1ccc(S(=O)(=O)N(CC(=O)NCc2ccco2)c2ccc(C(C)C)cc2)cc1. The van der Waals surface area contributed by atoms with E-state index in [2.05, 4.69) is 19.2 Å². The molecular formula is C23H26N2O4S. The third kappa shape index (κ3) is 5.10. The van der Waals surface area contributed by atoms with Gasteiger partial charge in [-0.15, -0.1) is 0 Å². The topological polar surface area (TPSA) is 79.6 Å². The van der Waals surface area contributed by atoms with E-state index in [0.717, 1.165) is 15.4 Å². The van der Waals surface area contributed by atoms with Crippen LogP contribution in [0.25, 0.3) is 0 Å². The maximum absolute atomic E-state index is 13.4. The fraction of sp³-hybridized carbons (Fsp3) is 0.261. The Balaban J connectivity index is 1.89. The van der Waals surface area contributed by atoms with Crippen LogP contribution in [0.1, 0.15) is 36.7 Å². The zero-order valence-electron chi connectivity index (χ0n) is 17.3. The molecule has 0 bridgehead atoms. The van der Waals surface area contributed by atoms with Gasteiger partial charge in [-0.1, -0.05) is 43.7 Å². The number of hydrogen-bond acceptors (Lipinski definition) is 4. The molecule has 1 aromatic heterocycles. The van der Waals surface area contributed by atoms with Crippen LogP contribution in [-0.4, -0.2) is 20.9 Å². The summed E-state index contributed by atoms with van der Waals surface area (Å²) >= 11 is 0. The summed E-state index contributed by atoms with van der Waals surface area (Å²) in [6.45, 7) is 5.88. The molecule has 1 heterocycles. The molecule has 0 radical (unpaired) electrons. The van der Waals surface area contributed by atoms with Crippen LogP contribution in [0.5, 0.6) is 0 Å². The highest BCUT2D eigenvalue weighted by Crippen LogP contribution is 2.26. The second-order valence-corrected chi connectivity index (χ2v) is 9.29. The summed E-state index contributed by atoms with van der Waals surface area (Å²) in [4.78, 5) is 12.7. The second kappa shape index (κ2) is 9.17. The minimum atomic E-state index is -3.92. The fourth-order valence-electron chi connectivity index (χ4n) is 2.96. The van der Waals surface area contributed by atoms with Crippen LogP contribution < -0.4 is 9.62 Å². The maximum Gasteiger partial charge on any atom is 0.264 e. The van der Waals surface area contributed by atoms with Gasteiger partial charge in [-0.2, -0.15) is 0 Å². The number of carbonyl (C=O) groups is 1. The van der Waals surface area contributed by atoms with Crippen molar-refractivity contribution >= 4 is 21.6 Å². The van der Waals surface area contributed by atoms with Crippen molar-refractivity contribution in [3.8, 4) is 0 Å². The van der Waals surface area contributed by atoms with Crippen LogP contribution >= 0.6 is 0 Å². The minimum absolute atomic E-state index is 0.139. The fourth-order valence-corrected chi connectivity index (χ4v) is 4.38. The summed E-state index contributed by atoms with van der Waals surface area (Å²) in [5.74, 6) is 0.491. The first-order valence-electron chi connectivity index (χ1n) is 9.76. The number of nitrogens with one attached hydrogen (secondary N) is 1. The van der Waals surface area contributed by atoms with Crippen LogP contribution in [-0.2, 0) is 21.4 Å². The lowest BCUT2D eigenvalue weighted by atomic mass is 10.0. The molecule has 0 atom stereocenters. The molecule has 0 spiro atoms. The molecule has 0 saturated carbocycles. The zero-order chi connectivity index (χ0) is 21.7. The molecule has 0 saturated heterocycles. The van der Waals surface area contributed by atoms with Crippen molar-refractivity contribution in [2.24, 2.45) is 0 Å². The second-order valence-electron chi connectivity index (χ2n) is 7.43. The molecule has 3 aromatic rings.